The van der Waals surface area contributed by atoms with Gasteiger partial charge in [0.05, 0.1) is 6.61 Å². The molecular formula is C24H33NO3. The molecule has 28 heavy (non-hydrogen) atoms. The molecule has 2 rings (SSSR count). The Morgan fingerprint density at radius 2 is 1.71 bits per heavy atom. The SMILES string of the molecule is CCOc1ccc(C(=O)NCC(C)C)cc1COc1ccc(C(C)(C)C)cc1. The van der Waals surface area contributed by atoms with E-state index in [0.29, 0.717) is 31.2 Å². The van der Waals surface area contributed by atoms with Crippen LogP contribution in [0.25, 0.3) is 0 Å². The highest BCUT2D eigenvalue weighted by Gasteiger charge is 2.14. The Kier molecular flexibility index (Phi) is 7.50. The predicted octanol–water partition coefficient (Wildman–Crippen LogP) is 5.35. The molecule has 0 heterocycles. The van der Waals surface area contributed by atoms with Gasteiger partial charge in [0.1, 0.15) is 18.1 Å². The van der Waals surface area contributed by atoms with Crippen LogP contribution in [0.1, 0.15) is 63.0 Å². The Bertz CT molecular complexity index is 773. The number of hydrogen-bond acceptors (Lipinski definition) is 3. The van der Waals surface area contributed by atoms with Gasteiger partial charge >= 0.3 is 0 Å². The molecule has 2 aromatic rings. The van der Waals surface area contributed by atoms with Crippen LogP contribution in [0.4, 0.5) is 0 Å². The fourth-order valence-corrected chi connectivity index (χ4v) is 2.74. The molecule has 0 fully saturated rings. The molecule has 0 saturated carbocycles. The van der Waals surface area contributed by atoms with Gasteiger partial charge in [-0.25, -0.2) is 0 Å². The zero-order chi connectivity index (χ0) is 20.7. The zero-order valence-electron chi connectivity index (χ0n) is 18.0. The first-order chi connectivity index (χ1) is 13.2. The van der Waals surface area contributed by atoms with Crippen LogP contribution in [-0.2, 0) is 12.0 Å². The van der Waals surface area contributed by atoms with Gasteiger partial charge in [0, 0.05) is 17.7 Å². The van der Waals surface area contributed by atoms with Gasteiger partial charge in [-0.1, -0.05) is 46.8 Å². The standard InChI is InChI=1S/C24H33NO3/c1-7-27-22-13-8-18(23(26)25-15-17(2)3)14-19(22)16-28-21-11-9-20(10-12-21)24(4,5)6/h8-14,17H,7,15-16H2,1-6H3,(H,25,26). The molecule has 152 valence electrons. The summed E-state index contributed by atoms with van der Waals surface area (Å²) in [4.78, 5) is 12.4. The third-order valence-corrected chi connectivity index (χ3v) is 4.41. The van der Waals surface area contributed by atoms with Crippen molar-refractivity contribution in [3.63, 3.8) is 0 Å². The summed E-state index contributed by atoms with van der Waals surface area (Å²) in [7, 11) is 0. The number of carbonyl (C=O) groups is 1. The van der Waals surface area contributed by atoms with E-state index in [1.165, 1.54) is 5.56 Å². The Hall–Kier alpha value is -2.49. The van der Waals surface area contributed by atoms with Crippen LogP contribution in [-0.4, -0.2) is 19.1 Å². The largest absolute Gasteiger partial charge is 0.493 e. The van der Waals surface area contributed by atoms with Crippen LogP contribution in [0.2, 0.25) is 0 Å². The molecule has 0 aliphatic carbocycles. The summed E-state index contributed by atoms with van der Waals surface area (Å²) >= 11 is 0. The molecule has 4 heteroatoms. The van der Waals surface area contributed by atoms with Crippen molar-refractivity contribution < 1.29 is 14.3 Å². The maximum atomic E-state index is 12.4. The minimum Gasteiger partial charge on any atom is -0.493 e. The van der Waals surface area contributed by atoms with Gasteiger partial charge in [0.15, 0.2) is 0 Å². The lowest BCUT2D eigenvalue weighted by molar-refractivity contribution is 0.0949. The number of carbonyl (C=O) groups excluding carboxylic acids is 1. The lowest BCUT2D eigenvalue weighted by Crippen LogP contribution is -2.27. The van der Waals surface area contributed by atoms with Gasteiger partial charge in [0.25, 0.3) is 5.91 Å². The van der Waals surface area contributed by atoms with Crippen molar-refractivity contribution in [1.82, 2.24) is 5.32 Å². The van der Waals surface area contributed by atoms with E-state index in [4.69, 9.17) is 9.47 Å². The minimum atomic E-state index is -0.0764. The van der Waals surface area contributed by atoms with Crippen LogP contribution in [0.3, 0.4) is 0 Å². The molecule has 0 aliphatic heterocycles. The van der Waals surface area contributed by atoms with Gasteiger partial charge in [-0.2, -0.15) is 0 Å². The van der Waals surface area contributed by atoms with Crippen LogP contribution in [0, 0.1) is 5.92 Å². The molecule has 1 N–H and O–H groups in total. The third kappa shape index (κ3) is 6.29. The number of amides is 1. The van der Waals surface area contributed by atoms with E-state index in [-0.39, 0.29) is 11.3 Å². The highest BCUT2D eigenvalue weighted by atomic mass is 16.5. The van der Waals surface area contributed by atoms with Gasteiger partial charge in [0.2, 0.25) is 0 Å². The summed E-state index contributed by atoms with van der Waals surface area (Å²) in [6, 6.07) is 13.6. The van der Waals surface area contributed by atoms with E-state index in [0.717, 1.165) is 17.1 Å². The Morgan fingerprint density at radius 3 is 2.29 bits per heavy atom. The van der Waals surface area contributed by atoms with Crippen molar-refractivity contribution >= 4 is 5.91 Å². The molecule has 0 aliphatic rings. The number of hydrogen-bond donors (Lipinski definition) is 1. The molecule has 0 saturated heterocycles. The van der Waals surface area contributed by atoms with Crippen molar-refractivity contribution in [1.29, 1.82) is 0 Å². The lowest BCUT2D eigenvalue weighted by Gasteiger charge is -2.19. The normalized spacial score (nSPS) is 11.4. The molecule has 0 unspecified atom stereocenters. The smallest absolute Gasteiger partial charge is 0.251 e. The summed E-state index contributed by atoms with van der Waals surface area (Å²) in [5.74, 6) is 1.87. The molecular weight excluding hydrogens is 350 g/mol. The molecule has 0 bridgehead atoms. The summed E-state index contributed by atoms with van der Waals surface area (Å²) < 4.78 is 11.7. The first-order valence-electron chi connectivity index (χ1n) is 9.98. The van der Waals surface area contributed by atoms with Gasteiger partial charge in [-0.3, -0.25) is 4.79 Å². The van der Waals surface area contributed by atoms with E-state index in [1.807, 2.05) is 31.2 Å². The number of rotatable bonds is 8. The van der Waals surface area contributed by atoms with Crippen molar-refractivity contribution in [2.24, 2.45) is 5.92 Å². The Morgan fingerprint density at radius 1 is 1.04 bits per heavy atom. The lowest BCUT2D eigenvalue weighted by atomic mass is 9.87. The highest BCUT2D eigenvalue weighted by molar-refractivity contribution is 5.94. The Balaban J connectivity index is 2.13. The fourth-order valence-electron chi connectivity index (χ4n) is 2.74. The van der Waals surface area contributed by atoms with E-state index >= 15 is 0 Å². The highest BCUT2D eigenvalue weighted by Crippen LogP contribution is 2.26. The minimum absolute atomic E-state index is 0.0764. The molecule has 4 nitrogen and oxygen atoms in total. The van der Waals surface area contributed by atoms with Crippen LogP contribution in [0.15, 0.2) is 42.5 Å². The van der Waals surface area contributed by atoms with Crippen LogP contribution < -0.4 is 14.8 Å². The molecule has 2 aromatic carbocycles. The molecule has 0 radical (unpaired) electrons. The van der Waals surface area contributed by atoms with E-state index < -0.39 is 0 Å². The van der Waals surface area contributed by atoms with E-state index in [2.05, 4.69) is 52.1 Å². The van der Waals surface area contributed by atoms with E-state index in [1.54, 1.807) is 6.07 Å². The molecule has 0 aromatic heterocycles. The summed E-state index contributed by atoms with van der Waals surface area (Å²) in [5.41, 5.74) is 2.85. The predicted molar refractivity (Wildman–Crippen MR) is 114 cm³/mol. The number of nitrogens with one attached hydrogen (secondary N) is 1. The first kappa shape index (κ1) is 21.8. The second kappa shape index (κ2) is 9.63. The average Bonchev–Trinajstić information content (AvgIpc) is 2.65. The third-order valence-electron chi connectivity index (χ3n) is 4.41. The maximum absolute atomic E-state index is 12.4. The topological polar surface area (TPSA) is 47.6 Å². The van der Waals surface area contributed by atoms with Gasteiger partial charge in [-0.15, -0.1) is 0 Å². The van der Waals surface area contributed by atoms with E-state index in [9.17, 15) is 4.79 Å². The summed E-state index contributed by atoms with van der Waals surface area (Å²) in [5, 5.41) is 2.95. The molecule has 0 spiro atoms. The summed E-state index contributed by atoms with van der Waals surface area (Å²) in [6.07, 6.45) is 0. The van der Waals surface area contributed by atoms with Crippen molar-refractivity contribution in [2.75, 3.05) is 13.2 Å². The number of benzene rings is 2. The second-order valence-corrected chi connectivity index (χ2v) is 8.42. The maximum Gasteiger partial charge on any atom is 0.251 e. The number of ether oxygens (including phenoxy) is 2. The van der Waals surface area contributed by atoms with Crippen LogP contribution in [0.5, 0.6) is 11.5 Å². The first-order valence-corrected chi connectivity index (χ1v) is 9.98. The fraction of sp³-hybridized carbons (Fsp3) is 0.458. The van der Waals surface area contributed by atoms with Crippen molar-refractivity contribution in [2.45, 2.75) is 53.6 Å². The van der Waals surface area contributed by atoms with Gasteiger partial charge in [-0.05, 0) is 54.2 Å². The average molecular weight is 384 g/mol. The van der Waals surface area contributed by atoms with Crippen molar-refractivity contribution in [3.05, 3.63) is 59.2 Å². The monoisotopic (exact) mass is 383 g/mol. The quantitative estimate of drug-likeness (QED) is 0.669. The zero-order valence-corrected chi connectivity index (χ0v) is 18.0. The van der Waals surface area contributed by atoms with Gasteiger partial charge < -0.3 is 14.8 Å². The van der Waals surface area contributed by atoms with Crippen LogP contribution >= 0.6 is 0 Å². The molecule has 0 atom stereocenters. The molecule has 1 amide bonds. The van der Waals surface area contributed by atoms with Crippen molar-refractivity contribution in [3.8, 4) is 11.5 Å². The second-order valence-electron chi connectivity index (χ2n) is 8.42. The Labute approximate surface area is 169 Å². The summed E-state index contributed by atoms with van der Waals surface area (Å²) in [6.45, 7) is 14.2.